The normalized spacial score (nSPS) is 24.5. The molecule has 0 spiro atoms. The average molecular weight is 392 g/mol. The second kappa shape index (κ2) is 8.63. The van der Waals surface area contributed by atoms with E-state index in [1.54, 1.807) is 0 Å². The standard InChI is InChI=1S/C21H33N3O2S/c1-3-22-20(24-18-11-14-27(25,26)15-18)23-16-21(12-7-4-8-13-21)19-10-6-5-9-17(19)2/h5-6,9-10,18H,3-4,7-8,11-16H2,1-2H3,(H2,22,23,24). The van der Waals surface area contributed by atoms with Crippen molar-refractivity contribution < 1.29 is 8.42 Å². The fourth-order valence-corrected chi connectivity index (χ4v) is 6.24. The van der Waals surface area contributed by atoms with Crippen LogP contribution in [0, 0.1) is 6.92 Å². The Hall–Kier alpha value is -1.56. The van der Waals surface area contributed by atoms with Gasteiger partial charge in [0, 0.05) is 18.0 Å². The summed E-state index contributed by atoms with van der Waals surface area (Å²) in [4.78, 5) is 4.94. The first-order chi connectivity index (χ1) is 12.9. The summed E-state index contributed by atoms with van der Waals surface area (Å²) in [6.45, 7) is 5.75. The molecule has 6 heteroatoms. The molecule has 2 fully saturated rings. The van der Waals surface area contributed by atoms with Crippen LogP contribution in [0.15, 0.2) is 29.3 Å². The van der Waals surface area contributed by atoms with Gasteiger partial charge in [-0.05, 0) is 44.2 Å². The summed E-state index contributed by atoms with van der Waals surface area (Å²) in [5.41, 5.74) is 2.86. The Morgan fingerprint density at radius 2 is 1.96 bits per heavy atom. The first-order valence-corrected chi connectivity index (χ1v) is 12.1. The highest BCUT2D eigenvalue weighted by molar-refractivity contribution is 7.91. The number of nitrogens with zero attached hydrogens (tertiary/aromatic N) is 1. The van der Waals surface area contributed by atoms with Crippen molar-refractivity contribution in [1.29, 1.82) is 0 Å². The summed E-state index contributed by atoms with van der Waals surface area (Å²) in [5.74, 6) is 1.23. The maximum absolute atomic E-state index is 11.8. The summed E-state index contributed by atoms with van der Waals surface area (Å²) in [7, 11) is -2.90. The molecule has 1 atom stereocenters. The lowest BCUT2D eigenvalue weighted by molar-refractivity contribution is 0.300. The largest absolute Gasteiger partial charge is 0.357 e. The maximum Gasteiger partial charge on any atom is 0.191 e. The van der Waals surface area contributed by atoms with E-state index >= 15 is 0 Å². The van der Waals surface area contributed by atoms with E-state index < -0.39 is 9.84 Å². The number of hydrogen-bond donors (Lipinski definition) is 2. The Labute approximate surface area is 164 Å². The molecule has 0 amide bonds. The average Bonchev–Trinajstić information content (AvgIpc) is 2.99. The van der Waals surface area contributed by atoms with E-state index in [1.807, 2.05) is 6.92 Å². The Bertz CT molecular complexity index is 767. The van der Waals surface area contributed by atoms with Crippen LogP contribution in [0.5, 0.6) is 0 Å². The molecule has 0 radical (unpaired) electrons. The third-order valence-corrected chi connectivity index (χ3v) is 7.75. The molecule has 5 nitrogen and oxygen atoms in total. The molecule has 1 aliphatic heterocycles. The van der Waals surface area contributed by atoms with Crippen LogP contribution in [-0.2, 0) is 15.3 Å². The van der Waals surface area contributed by atoms with Crippen LogP contribution in [-0.4, -0.2) is 45.0 Å². The highest BCUT2D eigenvalue weighted by Crippen LogP contribution is 2.41. The Morgan fingerprint density at radius 3 is 2.59 bits per heavy atom. The van der Waals surface area contributed by atoms with Gasteiger partial charge in [-0.3, -0.25) is 4.99 Å². The molecular weight excluding hydrogens is 358 g/mol. The zero-order chi connectivity index (χ0) is 19.3. The fourth-order valence-electron chi connectivity index (χ4n) is 4.56. The van der Waals surface area contributed by atoms with Crippen LogP contribution < -0.4 is 10.6 Å². The van der Waals surface area contributed by atoms with Crippen molar-refractivity contribution in [2.24, 2.45) is 4.99 Å². The maximum atomic E-state index is 11.8. The number of hydrogen-bond acceptors (Lipinski definition) is 3. The molecule has 2 aliphatic rings. The zero-order valence-corrected chi connectivity index (χ0v) is 17.4. The summed E-state index contributed by atoms with van der Waals surface area (Å²) < 4.78 is 23.5. The van der Waals surface area contributed by atoms with Crippen LogP contribution in [0.1, 0.15) is 56.6 Å². The summed E-state index contributed by atoms with van der Waals surface area (Å²) >= 11 is 0. The van der Waals surface area contributed by atoms with Crippen molar-refractivity contribution in [1.82, 2.24) is 10.6 Å². The number of aryl methyl sites for hydroxylation is 1. The van der Waals surface area contributed by atoms with Gasteiger partial charge >= 0.3 is 0 Å². The molecular formula is C21H33N3O2S. The predicted molar refractivity (Wildman–Crippen MR) is 112 cm³/mol. The third kappa shape index (κ3) is 5.03. The number of sulfone groups is 1. The van der Waals surface area contributed by atoms with E-state index in [4.69, 9.17) is 4.99 Å². The van der Waals surface area contributed by atoms with E-state index in [-0.39, 0.29) is 23.0 Å². The van der Waals surface area contributed by atoms with E-state index in [0.29, 0.717) is 6.42 Å². The number of aliphatic imine (C=N–C) groups is 1. The Balaban J connectivity index is 1.80. The summed E-state index contributed by atoms with van der Waals surface area (Å²) in [5, 5.41) is 6.66. The SMILES string of the molecule is CCNC(=NCC1(c2ccccc2C)CCCCC1)NC1CCS(=O)(=O)C1. The number of benzene rings is 1. The zero-order valence-electron chi connectivity index (χ0n) is 16.6. The van der Waals surface area contributed by atoms with Gasteiger partial charge in [-0.15, -0.1) is 0 Å². The van der Waals surface area contributed by atoms with Crippen molar-refractivity contribution in [2.75, 3.05) is 24.6 Å². The molecule has 1 aromatic carbocycles. The minimum absolute atomic E-state index is 0.0337. The van der Waals surface area contributed by atoms with Gasteiger partial charge in [-0.2, -0.15) is 0 Å². The van der Waals surface area contributed by atoms with Crippen molar-refractivity contribution in [2.45, 2.75) is 63.8 Å². The van der Waals surface area contributed by atoms with Crippen molar-refractivity contribution in [3.8, 4) is 0 Å². The summed E-state index contributed by atoms with van der Waals surface area (Å²) in [6, 6.07) is 8.66. The first-order valence-electron chi connectivity index (χ1n) is 10.3. The molecule has 1 saturated carbocycles. The third-order valence-electron chi connectivity index (χ3n) is 5.98. The van der Waals surface area contributed by atoms with Gasteiger partial charge in [-0.1, -0.05) is 43.5 Å². The molecule has 2 N–H and O–H groups in total. The van der Waals surface area contributed by atoms with E-state index in [0.717, 1.165) is 19.0 Å². The molecule has 27 heavy (non-hydrogen) atoms. The minimum Gasteiger partial charge on any atom is -0.357 e. The number of nitrogens with one attached hydrogen (secondary N) is 2. The molecule has 1 saturated heterocycles. The van der Waals surface area contributed by atoms with Gasteiger partial charge < -0.3 is 10.6 Å². The monoisotopic (exact) mass is 391 g/mol. The summed E-state index contributed by atoms with van der Waals surface area (Å²) in [6.07, 6.45) is 6.78. The molecule has 150 valence electrons. The number of guanidine groups is 1. The highest BCUT2D eigenvalue weighted by atomic mass is 32.2. The lowest BCUT2D eigenvalue weighted by atomic mass is 9.68. The highest BCUT2D eigenvalue weighted by Gasteiger charge is 2.35. The van der Waals surface area contributed by atoms with E-state index in [1.165, 1.54) is 43.2 Å². The van der Waals surface area contributed by atoms with Crippen molar-refractivity contribution >= 4 is 15.8 Å². The molecule has 1 unspecified atom stereocenters. The first kappa shape index (κ1) is 20.2. The van der Waals surface area contributed by atoms with Crippen LogP contribution in [0.4, 0.5) is 0 Å². The van der Waals surface area contributed by atoms with Gasteiger partial charge in [0.1, 0.15) is 0 Å². The molecule has 1 aromatic rings. The smallest absolute Gasteiger partial charge is 0.191 e. The molecule has 1 heterocycles. The lowest BCUT2D eigenvalue weighted by Gasteiger charge is -2.38. The fraction of sp³-hybridized carbons (Fsp3) is 0.667. The van der Waals surface area contributed by atoms with Gasteiger partial charge in [0.05, 0.1) is 18.1 Å². The van der Waals surface area contributed by atoms with Crippen LogP contribution in [0.3, 0.4) is 0 Å². The van der Waals surface area contributed by atoms with Crippen molar-refractivity contribution in [3.05, 3.63) is 35.4 Å². The second-order valence-corrected chi connectivity index (χ2v) is 10.3. The second-order valence-electron chi connectivity index (χ2n) is 8.10. The van der Waals surface area contributed by atoms with Gasteiger partial charge in [0.25, 0.3) is 0 Å². The van der Waals surface area contributed by atoms with Gasteiger partial charge in [0.15, 0.2) is 15.8 Å². The number of rotatable bonds is 5. The quantitative estimate of drug-likeness (QED) is 0.598. The Kier molecular flexibility index (Phi) is 6.45. The predicted octanol–water partition coefficient (Wildman–Crippen LogP) is 2.94. The van der Waals surface area contributed by atoms with Crippen molar-refractivity contribution in [3.63, 3.8) is 0 Å². The minimum atomic E-state index is -2.90. The van der Waals surface area contributed by atoms with Crippen LogP contribution >= 0.6 is 0 Å². The topological polar surface area (TPSA) is 70.6 Å². The van der Waals surface area contributed by atoms with E-state index in [9.17, 15) is 8.42 Å². The molecule has 0 aromatic heterocycles. The van der Waals surface area contributed by atoms with Gasteiger partial charge in [0.2, 0.25) is 0 Å². The van der Waals surface area contributed by atoms with E-state index in [2.05, 4.69) is 41.8 Å². The Morgan fingerprint density at radius 1 is 1.22 bits per heavy atom. The molecule has 3 rings (SSSR count). The molecule has 1 aliphatic carbocycles. The van der Waals surface area contributed by atoms with Crippen LogP contribution in [0.25, 0.3) is 0 Å². The molecule has 0 bridgehead atoms. The van der Waals surface area contributed by atoms with Gasteiger partial charge in [-0.25, -0.2) is 8.42 Å². The lowest BCUT2D eigenvalue weighted by Crippen LogP contribution is -2.45. The van der Waals surface area contributed by atoms with Crippen LogP contribution in [0.2, 0.25) is 0 Å².